The van der Waals surface area contributed by atoms with Gasteiger partial charge in [-0.1, -0.05) is 34.6 Å². The molecule has 0 aromatic carbocycles. The molecule has 5 atom stereocenters. The van der Waals surface area contributed by atoms with Crippen molar-refractivity contribution in [3.63, 3.8) is 0 Å². The molecule has 0 aliphatic heterocycles. The van der Waals surface area contributed by atoms with Crippen molar-refractivity contribution in [2.24, 2.45) is 0 Å². The van der Waals surface area contributed by atoms with Crippen molar-refractivity contribution in [2.75, 3.05) is 35.5 Å². The molecule has 0 spiro atoms. The van der Waals surface area contributed by atoms with Crippen LogP contribution >= 0.6 is 0 Å². The van der Waals surface area contributed by atoms with Gasteiger partial charge < -0.3 is 49.2 Å². The standard InChI is InChI=1S/5C3H7O2.Ta/c5*1-3(4)5-2;/h5*3H,1-2H3;/q5*-1;+5. The van der Waals surface area contributed by atoms with Crippen LogP contribution in [-0.4, -0.2) is 67.0 Å². The fourth-order valence-corrected chi connectivity index (χ4v) is 0. The van der Waals surface area contributed by atoms with E-state index >= 15 is 0 Å². The van der Waals surface area contributed by atoms with Crippen LogP contribution in [0.5, 0.6) is 0 Å². The van der Waals surface area contributed by atoms with Gasteiger partial charge >= 0.3 is 22.4 Å². The summed E-state index contributed by atoms with van der Waals surface area (Å²) in [7, 11) is 6.93. The van der Waals surface area contributed by atoms with Crippen LogP contribution in [-0.2, 0) is 46.1 Å². The fraction of sp³-hybridized carbons (Fsp3) is 1.00. The monoisotopic (exact) mass is 556 g/mol. The topological polar surface area (TPSA) is 161 Å². The number of methoxy groups -OCH3 is 5. The Labute approximate surface area is 173 Å². The molecule has 5 unspecified atom stereocenters. The summed E-state index contributed by atoms with van der Waals surface area (Å²) in [6.07, 6.45) is -4.33. The largest absolute Gasteiger partial charge is 5.00 e. The van der Waals surface area contributed by atoms with Gasteiger partial charge in [-0.05, 0) is 31.5 Å². The molecule has 0 rings (SSSR count). The molecule has 10 nitrogen and oxygen atoms in total. The van der Waals surface area contributed by atoms with Crippen LogP contribution < -0.4 is 25.5 Å². The second-order valence-electron chi connectivity index (χ2n) is 4.02. The van der Waals surface area contributed by atoms with Gasteiger partial charge in [-0.15, -0.1) is 0 Å². The quantitative estimate of drug-likeness (QED) is 0.314. The summed E-state index contributed by atoms with van der Waals surface area (Å²) in [5.74, 6) is 0. The maximum Gasteiger partial charge on any atom is 5.00 e. The summed E-state index contributed by atoms with van der Waals surface area (Å²) in [6, 6.07) is 0. The van der Waals surface area contributed by atoms with Gasteiger partial charge in [0.05, 0.1) is 0 Å². The van der Waals surface area contributed by atoms with Crippen molar-refractivity contribution < 1.29 is 71.6 Å². The Balaban J connectivity index is -0.0000000476. The first kappa shape index (κ1) is 40.9. The first-order valence-corrected chi connectivity index (χ1v) is 7.29. The van der Waals surface area contributed by atoms with Gasteiger partial charge in [-0.3, -0.25) is 0 Å². The Morgan fingerprint density at radius 2 is 0.423 bits per heavy atom. The van der Waals surface area contributed by atoms with Gasteiger partial charge in [0.25, 0.3) is 0 Å². The molecule has 0 radical (unpaired) electrons. The van der Waals surface area contributed by atoms with Gasteiger partial charge in [0, 0.05) is 35.5 Å². The number of ether oxygens (including phenoxy) is 5. The first-order valence-electron chi connectivity index (χ1n) is 7.29. The zero-order chi connectivity index (χ0) is 21.4. The van der Waals surface area contributed by atoms with Crippen LogP contribution in [0.4, 0.5) is 0 Å². The van der Waals surface area contributed by atoms with Crippen molar-refractivity contribution in [1.29, 1.82) is 0 Å². The zero-order valence-corrected chi connectivity index (χ0v) is 20.6. The minimum Gasteiger partial charge on any atom is -0.831 e. The second-order valence-corrected chi connectivity index (χ2v) is 4.02. The van der Waals surface area contributed by atoms with Gasteiger partial charge in [-0.25, -0.2) is 0 Å². The van der Waals surface area contributed by atoms with E-state index in [-0.39, 0.29) is 22.4 Å². The minimum atomic E-state index is -0.866. The molecule has 0 amide bonds. The molecule has 0 heterocycles. The van der Waals surface area contributed by atoms with E-state index < -0.39 is 31.5 Å². The van der Waals surface area contributed by atoms with Crippen LogP contribution in [0.3, 0.4) is 0 Å². The van der Waals surface area contributed by atoms with Crippen molar-refractivity contribution in [3.8, 4) is 0 Å². The van der Waals surface area contributed by atoms with Crippen LogP contribution in [0.1, 0.15) is 34.6 Å². The summed E-state index contributed by atoms with van der Waals surface area (Å²) in [5, 5.41) is 48.4. The van der Waals surface area contributed by atoms with E-state index in [1.165, 1.54) is 70.2 Å². The molecule has 160 valence electrons. The Morgan fingerprint density at radius 1 is 0.385 bits per heavy atom. The molecule has 11 heteroatoms. The van der Waals surface area contributed by atoms with Crippen LogP contribution in [0, 0.1) is 0 Å². The average Bonchev–Trinajstić information content (AvgIpc) is 2.56. The van der Waals surface area contributed by atoms with Crippen molar-refractivity contribution in [2.45, 2.75) is 66.1 Å². The Morgan fingerprint density at radius 3 is 0.423 bits per heavy atom. The molecule has 0 N–H and O–H groups in total. The molecule has 0 bridgehead atoms. The third-order valence-electron chi connectivity index (χ3n) is 1.66. The van der Waals surface area contributed by atoms with E-state index in [4.69, 9.17) is 0 Å². The molecule has 0 aliphatic carbocycles. The van der Waals surface area contributed by atoms with E-state index in [1.807, 2.05) is 0 Å². The fourth-order valence-electron chi connectivity index (χ4n) is 0. The zero-order valence-electron chi connectivity index (χ0n) is 17.4. The Hall–Kier alpha value is 0.340. The SMILES string of the molecule is COC(C)[O-].COC(C)[O-].COC(C)[O-].COC(C)[O-].COC(C)[O-].[Ta+5]. The third kappa shape index (κ3) is 124. The summed E-state index contributed by atoms with van der Waals surface area (Å²) in [6.45, 7) is 7.22. The molecule has 0 aromatic heterocycles. The van der Waals surface area contributed by atoms with Crippen LogP contribution in [0.25, 0.3) is 0 Å². The molecule has 0 saturated heterocycles. The second kappa shape index (κ2) is 36.3. The van der Waals surface area contributed by atoms with E-state index in [1.54, 1.807) is 0 Å². The molecule has 0 aromatic rings. The number of hydrogen-bond donors (Lipinski definition) is 0. The maximum absolute atomic E-state index is 9.67. The minimum absolute atomic E-state index is 0. The summed E-state index contributed by atoms with van der Waals surface area (Å²) in [4.78, 5) is 0. The molecule has 0 aliphatic rings. The molecular weight excluding hydrogens is 521 g/mol. The summed E-state index contributed by atoms with van der Waals surface area (Å²) in [5.41, 5.74) is 0. The van der Waals surface area contributed by atoms with Gasteiger partial charge in [0.1, 0.15) is 0 Å². The molecule has 26 heavy (non-hydrogen) atoms. The Kier molecular flexibility index (Phi) is 57.1. The van der Waals surface area contributed by atoms with Crippen LogP contribution in [0.2, 0.25) is 0 Å². The predicted molar refractivity (Wildman–Crippen MR) is 82.4 cm³/mol. The van der Waals surface area contributed by atoms with Gasteiger partial charge in [-0.2, -0.15) is 0 Å². The van der Waals surface area contributed by atoms with E-state index in [0.717, 1.165) is 0 Å². The normalized spacial score (nSPS) is 14.4. The maximum atomic E-state index is 9.67. The van der Waals surface area contributed by atoms with E-state index in [2.05, 4.69) is 23.7 Å². The predicted octanol–water partition coefficient (Wildman–Crippen LogP) is -3.31. The van der Waals surface area contributed by atoms with Gasteiger partial charge in [0.15, 0.2) is 0 Å². The summed E-state index contributed by atoms with van der Waals surface area (Å²) < 4.78 is 21.0. The molecule has 0 saturated carbocycles. The summed E-state index contributed by atoms with van der Waals surface area (Å²) >= 11 is 0. The van der Waals surface area contributed by atoms with E-state index in [9.17, 15) is 25.5 Å². The molecular formula is C15H35O10Ta. The Bertz CT molecular complexity index is 147. The first-order chi connectivity index (χ1) is 11.4. The third-order valence-corrected chi connectivity index (χ3v) is 1.66. The van der Waals surface area contributed by atoms with Gasteiger partial charge in [0.2, 0.25) is 0 Å². The molecule has 0 fully saturated rings. The van der Waals surface area contributed by atoms with Crippen LogP contribution in [0.15, 0.2) is 0 Å². The number of hydrogen-bond acceptors (Lipinski definition) is 10. The van der Waals surface area contributed by atoms with Crippen molar-refractivity contribution in [1.82, 2.24) is 0 Å². The smallest absolute Gasteiger partial charge is 0.831 e. The average molecular weight is 556 g/mol. The van der Waals surface area contributed by atoms with E-state index in [0.29, 0.717) is 0 Å². The van der Waals surface area contributed by atoms with Crippen molar-refractivity contribution >= 4 is 0 Å². The van der Waals surface area contributed by atoms with Crippen molar-refractivity contribution in [3.05, 3.63) is 0 Å². The number of rotatable bonds is 5.